The lowest BCUT2D eigenvalue weighted by Crippen LogP contribution is -2.23. The largest absolute Gasteiger partial charge is 0.469 e. The molecular formula is C12H12F4O4. The molecule has 0 saturated carbocycles. The molecule has 0 aromatic heterocycles. The number of aliphatic hydroxyl groups is 2. The number of hydrogen-bond donors (Lipinski definition) is 2. The smallest absolute Gasteiger partial charge is 0.416 e. The normalized spacial score (nSPS) is 14.8. The predicted octanol–water partition coefficient (Wildman–Crippen LogP) is 1.80. The Bertz CT molecular complexity index is 487. The summed E-state index contributed by atoms with van der Waals surface area (Å²) in [4.78, 5) is 10.9. The van der Waals surface area contributed by atoms with E-state index in [9.17, 15) is 32.6 Å². The molecule has 0 aliphatic heterocycles. The van der Waals surface area contributed by atoms with E-state index in [4.69, 9.17) is 0 Å². The van der Waals surface area contributed by atoms with Crippen LogP contribution in [0.2, 0.25) is 0 Å². The maximum atomic E-state index is 13.1. The fourth-order valence-electron chi connectivity index (χ4n) is 1.53. The van der Waals surface area contributed by atoms with Gasteiger partial charge in [0.15, 0.2) is 0 Å². The summed E-state index contributed by atoms with van der Waals surface area (Å²) in [7, 11) is 1.05. The van der Waals surface area contributed by atoms with Gasteiger partial charge in [0.25, 0.3) is 0 Å². The fraction of sp³-hybridized carbons (Fsp3) is 0.417. The number of carbonyl (C=O) groups is 1. The van der Waals surface area contributed by atoms with Gasteiger partial charge < -0.3 is 14.9 Å². The summed E-state index contributed by atoms with van der Waals surface area (Å²) in [5.74, 6) is -2.07. The first-order valence-corrected chi connectivity index (χ1v) is 5.45. The van der Waals surface area contributed by atoms with Crippen molar-refractivity contribution in [1.29, 1.82) is 0 Å². The molecule has 2 atom stereocenters. The molecule has 1 aromatic carbocycles. The summed E-state index contributed by atoms with van der Waals surface area (Å²) in [5, 5.41) is 19.2. The highest BCUT2D eigenvalue weighted by Gasteiger charge is 2.33. The molecule has 0 fully saturated rings. The van der Waals surface area contributed by atoms with Crippen LogP contribution in [0.1, 0.15) is 23.7 Å². The number of esters is 1. The highest BCUT2D eigenvalue weighted by Crippen LogP contribution is 2.32. The van der Waals surface area contributed by atoms with Gasteiger partial charge in [0.1, 0.15) is 11.9 Å². The van der Waals surface area contributed by atoms with Crippen LogP contribution < -0.4 is 0 Å². The minimum Gasteiger partial charge on any atom is -0.469 e. The Morgan fingerprint density at radius 2 is 1.90 bits per heavy atom. The Morgan fingerprint density at radius 1 is 1.30 bits per heavy atom. The second-order valence-corrected chi connectivity index (χ2v) is 4.06. The first kappa shape index (κ1) is 16.4. The number of hydrogen-bond acceptors (Lipinski definition) is 4. The molecule has 112 valence electrons. The van der Waals surface area contributed by atoms with E-state index < -0.39 is 47.7 Å². The average Bonchev–Trinajstić information content (AvgIpc) is 2.35. The summed E-state index contributed by atoms with van der Waals surface area (Å²) >= 11 is 0. The lowest BCUT2D eigenvalue weighted by Gasteiger charge is -2.18. The van der Waals surface area contributed by atoms with E-state index in [0.29, 0.717) is 12.1 Å². The first-order valence-electron chi connectivity index (χ1n) is 5.45. The fourth-order valence-corrected chi connectivity index (χ4v) is 1.53. The van der Waals surface area contributed by atoms with E-state index in [2.05, 4.69) is 4.74 Å². The highest BCUT2D eigenvalue weighted by molar-refractivity contribution is 5.69. The second kappa shape index (κ2) is 6.19. The minimum atomic E-state index is -4.79. The van der Waals surface area contributed by atoms with Crippen LogP contribution >= 0.6 is 0 Å². The quantitative estimate of drug-likeness (QED) is 0.657. The number of alkyl halides is 3. The Hall–Kier alpha value is -1.67. The third-order valence-electron chi connectivity index (χ3n) is 2.56. The highest BCUT2D eigenvalue weighted by atomic mass is 19.4. The van der Waals surface area contributed by atoms with Crippen molar-refractivity contribution in [3.63, 3.8) is 0 Å². The van der Waals surface area contributed by atoms with Crippen LogP contribution in [0, 0.1) is 5.82 Å². The van der Waals surface area contributed by atoms with Crippen molar-refractivity contribution in [1.82, 2.24) is 0 Å². The number of benzene rings is 1. The molecule has 2 N–H and O–H groups in total. The summed E-state index contributed by atoms with van der Waals surface area (Å²) in [6.45, 7) is 0. The van der Waals surface area contributed by atoms with Gasteiger partial charge in [-0.15, -0.1) is 0 Å². The molecule has 4 nitrogen and oxygen atoms in total. The number of methoxy groups -OCH3 is 1. The van der Waals surface area contributed by atoms with Crippen molar-refractivity contribution in [3.05, 3.63) is 35.1 Å². The van der Waals surface area contributed by atoms with Crippen molar-refractivity contribution in [2.45, 2.75) is 24.8 Å². The molecule has 0 amide bonds. The first-order chi connectivity index (χ1) is 9.15. The molecule has 0 bridgehead atoms. The number of ether oxygens (including phenoxy) is 1. The lowest BCUT2D eigenvalue weighted by atomic mass is 9.99. The van der Waals surface area contributed by atoms with Crippen LogP contribution in [0.5, 0.6) is 0 Å². The molecule has 0 radical (unpaired) electrons. The number of halogens is 4. The third-order valence-corrected chi connectivity index (χ3v) is 2.56. The van der Waals surface area contributed by atoms with Crippen molar-refractivity contribution in [3.8, 4) is 0 Å². The molecule has 1 rings (SSSR count). The van der Waals surface area contributed by atoms with Crippen molar-refractivity contribution in [2.24, 2.45) is 0 Å². The molecule has 1 aromatic rings. The molecule has 0 saturated heterocycles. The average molecular weight is 296 g/mol. The van der Waals surface area contributed by atoms with E-state index in [-0.39, 0.29) is 6.07 Å². The van der Waals surface area contributed by atoms with Gasteiger partial charge in [-0.1, -0.05) is 0 Å². The zero-order valence-corrected chi connectivity index (χ0v) is 10.3. The molecular weight excluding hydrogens is 284 g/mol. The molecule has 0 heterocycles. The second-order valence-electron chi connectivity index (χ2n) is 4.06. The van der Waals surface area contributed by atoms with Crippen LogP contribution in [0.4, 0.5) is 17.6 Å². The molecule has 0 aliphatic rings. The Morgan fingerprint density at radius 3 is 2.40 bits per heavy atom. The molecule has 20 heavy (non-hydrogen) atoms. The standard InChI is InChI=1S/C12H12F4O4/c1-20-10(18)5-9(17)11(19)6-2-7(12(14,15)16)4-8(13)3-6/h2-4,9,11,17,19H,5H2,1H3. The lowest BCUT2D eigenvalue weighted by molar-refractivity contribution is -0.145. The zero-order chi connectivity index (χ0) is 15.5. The van der Waals surface area contributed by atoms with Crippen LogP contribution in [0.25, 0.3) is 0 Å². The number of rotatable bonds is 4. The Kier molecular flexibility index (Phi) is 5.07. The van der Waals surface area contributed by atoms with Gasteiger partial charge in [-0.3, -0.25) is 4.79 Å². The molecule has 8 heteroatoms. The van der Waals surface area contributed by atoms with Crippen molar-refractivity contribution in [2.75, 3.05) is 7.11 Å². The maximum absolute atomic E-state index is 13.1. The number of carbonyl (C=O) groups excluding carboxylic acids is 1. The Balaban J connectivity index is 3.01. The van der Waals surface area contributed by atoms with Crippen LogP contribution in [0.15, 0.2) is 18.2 Å². The van der Waals surface area contributed by atoms with Gasteiger partial charge in [-0.25, -0.2) is 4.39 Å². The molecule has 2 unspecified atom stereocenters. The minimum absolute atomic E-state index is 0.267. The summed E-state index contributed by atoms with van der Waals surface area (Å²) in [5.41, 5.74) is -1.77. The van der Waals surface area contributed by atoms with Crippen molar-refractivity contribution < 1.29 is 37.3 Å². The SMILES string of the molecule is COC(=O)CC(O)C(O)c1cc(F)cc(C(F)(F)F)c1. The van der Waals surface area contributed by atoms with E-state index in [0.717, 1.165) is 7.11 Å². The van der Waals surface area contributed by atoms with Gasteiger partial charge >= 0.3 is 12.1 Å². The summed E-state index contributed by atoms with van der Waals surface area (Å²) in [6.07, 6.45) is -8.96. The van der Waals surface area contributed by atoms with Crippen LogP contribution in [-0.2, 0) is 15.7 Å². The molecule has 0 aliphatic carbocycles. The van der Waals surface area contributed by atoms with Gasteiger partial charge in [-0.2, -0.15) is 13.2 Å². The van der Waals surface area contributed by atoms with Gasteiger partial charge in [0, 0.05) is 0 Å². The van der Waals surface area contributed by atoms with E-state index in [1.54, 1.807) is 0 Å². The number of aliphatic hydroxyl groups excluding tert-OH is 2. The van der Waals surface area contributed by atoms with Gasteiger partial charge in [0.05, 0.1) is 25.2 Å². The van der Waals surface area contributed by atoms with E-state index in [1.807, 2.05) is 0 Å². The third kappa shape index (κ3) is 4.17. The summed E-state index contributed by atoms with van der Waals surface area (Å²) < 4.78 is 54.8. The van der Waals surface area contributed by atoms with Gasteiger partial charge in [0.2, 0.25) is 0 Å². The van der Waals surface area contributed by atoms with Crippen LogP contribution in [0.3, 0.4) is 0 Å². The Labute approximate surface area is 111 Å². The zero-order valence-electron chi connectivity index (χ0n) is 10.3. The predicted molar refractivity (Wildman–Crippen MR) is 59.0 cm³/mol. The summed E-state index contributed by atoms with van der Waals surface area (Å²) in [6, 6.07) is 1.43. The van der Waals surface area contributed by atoms with Crippen molar-refractivity contribution >= 4 is 5.97 Å². The van der Waals surface area contributed by atoms with E-state index >= 15 is 0 Å². The monoisotopic (exact) mass is 296 g/mol. The van der Waals surface area contributed by atoms with E-state index in [1.165, 1.54) is 0 Å². The topological polar surface area (TPSA) is 66.8 Å². The van der Waals surface area contributed by atoms with Crippen LogP contribution in [-0.4, -0.2) is 29.4 Å². The van der Waals surface area contributed by atoms with Gasteiger partial charge in [-0.05, 0) is 23.8 Å². The molecule has 0 spiro atoms. The maximum Gasteiger partial charge on any atom is 0.416 e.